The molecule has 11 aromatic rings. The third-order valence-electron chi connectivity index (χ3n) is 10.2. The number of nitrogens with zero attached hydrogens (tertiary/aromatic N) is 6. The van der Waals surface area contributed by atoms with E-state index in [1.807, 2.05) is 12.1 Å². The van der Waals surface area contributed by atoms with Gasteiger partial charge in [0.25, 0.3) is 0 Å². The molecule has 0 aliphatic heterocycles. The lowest BCUT2D eigenvalue weighted by atomic mass is 10.1. The van der Waals surface area contributed by atoms with Crippen LogP contribution in [-0.4, -0.2) is 28.7 Å². The molecule has 0 saturated carbocycles. The van der Waals surface area contributed by atoms with Gasteiger partial charge in [-0.25, -0.2) is 9.97 Å². The predicted molar refractivity (Wildman–Crippen MR) is 208 cm³/mol. The second-order valence-corrected chi connectivity index (χ2v) is 12.9. The summed E-state index contributed by atoms with van der Waals surface area (Å²) in [6.45, 7) is 0. The van der Waals surface area contributed by atoms with E-state index in [9.17, 15) is 0 Å². The second-order valence-electron chi connectivity index (χ2n) is 12.9. The quantitative estimate of drug-likeness (QED) is 0.190. The fourth-order valence-corrected chi connectivity index (χ4v) is 8.00. The number of fused-ring (bicyclic) bond motifs is 9. The molecule has 0 saturated heterocycles. The summed E-state index contributed by atoms with van der Waals surface area (Å²) < 4.78 is 6.92. The summed E-state index contributed by atoms with van der Waals surface area (Å²) >= 11 is 0. The summed E-state index contributed by atoms with van der Waals surface area (Å²) in [6.07, 6.45) is 3.59. The summed E-state index contributed by atoms with van der Waals surface area (Å²) in [5.74, 6) is 2.24. The highest BCUT2D eigenvalue weighted by molar-refractivity contribution is 6.12. The Balaban J connectivity index is 1.21. The molecule has 11 rings (SSSR count). The third-order valence-corrected chi connectivity index (χ3v) is 10.2. The van der Waals surface area contributed by atoms with Crippen LogP contribution in [-0.2, 0) is 0 Å². The number of aromatic nitrogens is 6. The molecule has 0 fully saturated rings. The van der Waals surface area contributed by atoms with Crippen LogP contribution in [0.5, 0.6) is 0 Å². The molecule has 238 valence electrons. The highest BCUT2D eigenvalue weighted by atomic mass is 15.1. The van der Waals surface area contributed by atoms with Crippen LogP contribution in [0.3, 0.4) is 0 Å². The molecule has 0 aliphatic rings. The van der Waals surface area contributed by atoms with Gasteiger partial charge in [-0.2, -0.15) is 0 Å². The van der Waals surface area contributed by atoms with Crippen molar-refractivity contribution >= 4 is 65.4 Å². The number of hydrogen-bond donors (Lipinski definition) is 0. The summed E-state index contributed by atoms with van der Waals surface area (Å²) in [5.41, 5.74) is 8.76. The first kappa shape index (κ1) is 27.9. The summed E-state index contributed by atoms with van der Waals surface area (Å²) in [4.78, 5) is 14.8. The van der Waals surface area contributed by atoms with Gasteiger partial charge in [0.1, 0.15) is 11.6 Å². The zero-order chi connectivity index (χ0) is 33.5. The molecular weight excluding hydrogens is 625 g/mol. The van der Waals surface area contributed by atoms with Crippen molar-refractivity contribution in [2.45, 2.75) is 0 Å². The van der Waals surface area contributed by atoms with Crippen molar-refractivity contribution in [1.82, 2.24) is 28.7 Å². The maximum atomic E-state index is 5.28. The van der Waals surface area contributed by atoms with Crippen molar-refractivity contribution in [2.75, 3.05) is 0 Å². The topological polar surface area (TPSA) is 53.5 Å². The molecule has 5 aromatic heterocycles. The van der Waals surface area contributed by atoms with Gasteiger partial charge in [0.2, 0.25) is 0 Å². The highest BCUT2D eigenvalue weighted by Gasteiger charge is 2.20. The van der Waals surface area contributed by atoms with E-state index in [2.05, 4.69) is 164 Å². The lowest BCUT2D eigenvalue weighted by Crippen LogP contribution is -2.06. The Morgan fingerprint density at radius 2 is 0.725 bits per heavy atom. The minimum Gasteiger partial charge on any atom is -0.309 e. The van der Waals surface area contributed by atoms with Crippen LogP contribution in [0.25, 0.3) is 94.1 Å². The number of benzene rings is 6. The van der Waals surface area contributed by atoms with Crippen molar-refractivity contribution in [1.29, 1.82) is 0 Å². The van der Waals surface area contributed by atoms with Gasteiger partial charge in [0.15, 0.2) is 5.82 Å². The number of rotatable bonds is 4. The Morgan fingerprint density at radius 3 is 1.20 bits per heavy atom. The Hall–Kier alpha value is -7.05. The van der Waals surface area contributed by atoms with Crippen LogP contribution in [0.4, 0.5) is 0 Å². The first-order chi connectivity index (χ1) is 25.3. The molecule has 0 radical (unpaired) electrons. The third kappa shape index (κ3) is 4.07. The molecule has 5 heterocycles. The fraction of sp³-hybridized carbons (Fsp3) is 0. The maximum Gasteiger partial charge on any atom is 0.164 e. The minimum absolute atomic E-state index is 0.639. The summed E-state index contributed by atoms with van der Waals surface area (Å²) in [5, 5.41) is 7.20. The van der Waals surface area contributed by atoms with Gasteiger partial charge >= 0.3 is 0 Å². The van der Waals surface area contributed by atoms with Crippen LogP contribution < -0.4 is 0 Å². The molecule has 0 amide bonds. The van der Waals surface area contributed by atoms with E-state index in [1.165, 1.54) is 32.6 Å². The van der Waals surface area contributed by atoms with Gasteiger partial charge < -0.3 is 4.57 Å². The minimum atomic E-state index is 0.639. The molecule has 0 N–H and O–H groups in total. The summed E-state index contributed by atoms with van der Waals surface area (Å²) in [6, 6.07) is 55.8. The Bertz CT molecular complexity index is 3040. The van der Waals surface area contributed by atoms with Gasteiger partial charge in [-0.3, -0.25) is 14.1 Å². The van der Waals surface area contributed by atoms with Gasteiger partial charge in [0.05, 0.1) is 33.1 Å². The Labute approximate surface area is 292 Å². The number of hydrogen-bond acceptors (Lipinski definition) is 3. The lowest BCUT2D eigenvalue weighted by molar-refractivity contribution is 0.993. The standard InChI is InChI=1S/C45H28N6/c1-6-16-37-31(11-1)32-12-2-7-17-38(32)49(37)30-21-22-42-36(27-30)35-15-5-10-20-41(35)51(42)44-28-43(47-45(48-44)29-23-25-46-26-24-29)50-39-18-8-3-13-33(39)34-14-4-9-19-40(34)50/h1-28H. The van der Waals surface area contributed by atoms with Crippen molar-refractivity contribution in [2.24, 2.45) is 0 Å². The maximum absolute atomic E-state index is 5.28. The molecule has 51 heavy (non-hydrogen) atoms. The average Bonchev–Trinajstić information content (AvgIpc) is 3.84. The average molecular weight is 653 g/mol. The normalized spacial score (nSPS) is 11.9. The highest BCUT2D eigenvalue weighted by Crippen LogP contribution is 2.38. The largest absolute Gasteiger partial charge is 0.309 e. The number of para-hydroxylation sites is 5. The lowest BCUT2D eigenvalue weighted by Gasteiger charge is -2.14. The molecule has 6 heteroatoms. The SMILES string of the molecule is c1ccc2c(c1)c1ccccc1n2-c1ccc2c(c1)c1ccccc1n2-c1cc(-n2c3ccccc3c3ccccc32)nc(-c2ccncc2)n1. The van der Waals surface area contributed by atoms with E-state index < -0.39 is 0 Å². The smallest absolute Gasteiger partial charge is 0.164 e. The molecular formula is C45H28N6. The van der Waals surface area contributed by atoms with E-state index in [0.29, 0.717) is 5.82 Å². The van der Waals surface area contributed by atoms with E-state index in [4.69, 9.17) is 9.97 Å². The van der Waals surface area contributed by atoms with Gasteiger partial charge in [-0.1, -0.05) is 91.0 Å². The van der Waals surface area contributed by atoms with Crippen LogP contribution in [0.15, 0.2) is 170 Å². The van der Waals surface area contributed by atoms with Crippen molar-refractivity contribution < 1.29 is 0 Å². The molecule has 0 bridgehead atoms. The summed E-state index contributed by atoms with van der Waals surface area (Å²) in [7, 11) is 0. The Kier molecular flexibility index (Phi) is 5.86. The molecule has 0 atom stereocenters. The van der Waals surface area contributed by atoms with Crippen LogP contribution in [0.1, 0.15) is 0 Å². The predicted octanol–water partition coefficient (Wildman–Crippen LogP) is 10.8. The van der Waals surface area contributed by atoms with E-state index >= 15 is 0 Å². The zero-order valence-electron chi connectivity index (χ0n) is 27.3. The first-order valence-electron chi connectivity index (χ1n) is 17.1. The van der Waals surface area contributed by atoms with Crippen LogP contribution in [0.2, 0.25) is 0 Å². The molecule has 0 unspecified atom stereocenters. The van der Waals surface area contributed by atoms with Gasteiger partial charge in [-0.05, 0) is 60.7 Å². The second kappa shape index (κ2) is 10.7. The molecule has 6 aromatic carbocycles. The van der Waals surface area contributed by atoms with Gasteiger partial charge in [-0.15, -0.1) is 0 Å². The monoisotopic (exact) mass is 652 g/mol. The van der Waals surface area contributed by atoms with Crippen LogP contribution >= 0.6 is 0 Å². The van der Waals surface area contributed by atoms with E-state index in [0.717, 1.165) is 55.7 Å². The van der Waals surface area contributed by atoms with Crippen molar-refractivity contribution in [3.8, 4) is 28.7 Å². The first-order valence-corrected chi connectivity index (χ1v) is 17.1. The molecule has 6 nitrogen and oxygen atoms in total. The Morgan fingerprint density at radius 1 is 0.333 bits per heavy atom. The van der Waals surface area contributed by atoms with E-state index in [-0.39, 0.29) is 0 Å². The van der Waals surface area contributed by atoms with Crippen molar-refractivity contribution in [3.05, 3.63) is 170 Å². The molecule has 0 spiro atoms. The number of pyridine rings is 1. The zero-order valence-corrected chi connectivity index (χ0v) is 27.3. The van der Waals surface area contributed by atoms with Gasteiger partial charge in [0, 0.05) is 62.0 Å². The fourth-order valence-electron chi connectivity index (χ4n) is 8.00. The molecule has 0 aliphatic carbocycles. The van der Waals surface area contributed by atoms with Crippen molar-refractivity contribution in [3.63, 3.8) is 0 Å². The van der Waals surface area contributed by atoms with E-state index in [1.54, 1.807) is 12.4 Å². The van der Waals surface area contributed by atoms with Crippen LogP contribution in [0, 0.1) is 0 Å².